The summed E-state index contributed by atoms with van der Waals surface area (Å²) in [6.07, 6.45) is 1.67. The van der Waals surface area contributed by atoms with Crippen molar-refractivity contribution in [3.8, 4) is 0 Å². The summed E-state index contributed by atoms with van der Waals surface area (Å²) in [5, 5.41) is 6.27. The van der Waals surface area contributed by atoms with E-state index in [2.05, 4.69) is 16.3 Å². The first kappa shape index (κ1) is 17.3. The van der Waals surface area contributed by atoms with Crippen molar-refractivity contribution in [3.63, 3.8) is 0 Å². The van der Waals surface area contributed by atoms with E-state index < -0.39 is 10.0 Å². The van der Waals surface area contributed by atoms with Crippen LogP contribution in [0.15, 0.2) is 77.8 Å². The molecule has 4 aromatic rings. The van der Waals surface area contributed by atoms with Crippen molar-refractivity contribution < 1.29 is 8.42 Å². The Morgan fingerprint density at radius 1 is 0.821 bits per heavy atom. The van der Waals surface area contributed by atoms with E-state index in [4.69, 9.17) is 0 Å². The van der Waals surface area contributed by atoms with Crippen LogP contribution in [-0.2, 0) is 10.0 Å². The van der Waals surface area contributed by atoms with Gasteiger partial charge in [-0.25, -0.2) is 12.4 Å². The molecule has 0 bridgehead atoms. The van der Waals surface area contributed by atoms with Crippen LogP contribution in [0.2, 0.25) is 0 Å². The molecule has 0 amide bonds. The number of hydrogen-bond acceptors (Lipinski definition) is 4. The minimum Gasteiger partial charge on any atom is -0.368 e. The molecule has 2 heterocycles. The first-order valence-corrected chi connectivity index (χ1v) is 10.9. The predicted octanol–water partition coefficient (Wildman–Crippen LogP) is 3.44. The van der Waals surface area contributed by atoms with Crippen LogP contribution < -0.4 is 10.2 Å². The summed E-state index contributed by atoms with van der Waals surface area (Å²) in [6.45, 7) is 3.71. The molecular weight excluding hydrogens is 370 g/mol. The van der Waals surface area contributed by atoms with E-state index in [0.717, 1.165) is 48.0 Å². The minimum atomic E-state index is -3.68. The molecule has 142 valence electrons. The van der Waals surface area contributed by atoms with Gasteiger partial charge in [0.25, 0.3) is 10.0 Å². The van der Waals surface area contributed by atoms with Crippen molar-refractivity contribution in [1.82, 2.24) is 9.29 Å². The highest BCUT2D eigenvalue weighted by molar-refractivity contribution is 7.90. The van der Waals surface area contributed by atoms with Gasteiger partial charge in [-0.05, 0) is 41.1 Å². The SMILES string of the molecule is O=S(=O)(c1ccc2ccccc2c1)n1ccc2c(N3CCNCC3)cccc21. The van der Waals surface area contributed by atoms with Gasteiger partial charge in [0.1, 0.15) is 0 Å². The molecule has 1 aliphatic heterocycles. The Hall–Kier alpha value is -2.83. The van der Waals surface area contributed by atoms with Crippen molar-refractivity contribution in [2.24, 2.45) is 0 Å². The quantitative estimate of drug-likeness (QED) is 0.581. The molecule has 0 atom stereocenters. The van der Waals surface area contributed by atoms with Crippen LogP contribution in [0.25, 0.3) is 21.7 Å². The maximum atomic E-state index is 13.4. The molecule has 0 saturated carbocycles. The Kier molecular flexibility index (Phi) is 4.10. The van der Waals surface area contributed by atoms with Gasteiger partial charge < -0.3 is 10.2 Å². The van der Waals surface area contributed by atoms with E-state index >= 15 is 0 Å². The lowest BCUT2D eigenvalue weighted by Gasteiger charge is -2.30. The lowest BCUT2D eigenvalue weighted by atomic mass is 10.1. The van der Waals surface area contributed by atoms with Gasteiger partial charge in [0.15, 0.2) is 0 Å². The standard InChI is InChI=1S/C22H21N3O2S/c26-28(27,19-9-8-17-4-1-2-5-18(17)16-19)25-13-10-20-21(6-3-7-22(20)25)24-14-11-23-12-15-24/h1-10,13,16,23H,11-12,14-15H2. The number of hydrogen-bond donors (Lipinski definition) is 1. The predicted molar refractivity (Wildman–Crippen MR) is 114 cm³/mol. The fraction of sp³-hybridized carbons (Fsp3) is 0.182. The Balaban J connectivity index is 1.63. The molecule has 1 fully saturated rings. The van der Waals surface area contributed by atoms with E-state index in [1.165, 1.54) is 3.97 Å². The number of benzene rings is 3. The summed E-state index contributed by atoms with van der Waals surface area (Å²) in [5.74, 6) is 0. The zero-order valence-electron chi connectivity index (χ0n) is 15.4. The van der Waals surface area contributed by atoms with Crippen molar-refractivity contribution >= 4 is 37.4 Å². The average Bonchev–Trinajstić information content (AvgIpc) is 3.19. The molecule has 1 saturated heterocycles. The highest BCUT2D eigenvalue weighted by atomic mass is 32.2. The molecule has 1 N–H and O–H groups in total. The summed E-state index contributed by atoms with van der Waals surface area (Å²) in [6, 6.07) is 20.9. The monoisotopic (exact) mass is 391 g/mol. The molecule has 1 aliphatic rings. The van der Waals surface area contributed by atoms with Gasteiger partial charge >= 0.3 is 0 Å². The van der Waals surface area contributed by atoms with Crippen LogP contribution in [0.1, 0.15) is 0 Å². The number of nitrogens with zero attached hydrogens (tertiary/aromatic N) is 2. The van der Waals surface area contributed by atoms with Gasteiger partial charge in [0.2, 0.25) is 0 Å². The van der Waals surface area contributed by atoms with Crippen molar-refractivity contribution in [3.05, 3.63) is 72.9 Å². The normalized spacial score (nSPS) is 15.4. The van der Waals surface area contributed by atoms with E-state index in [-0.39, 0.29) is 0 Å². The van der Waals surface area contributed by atoms with Crippen LogP contribution in [0.3, 0.4) is 0 Å². The second-order valence-electron chi connectivity index (χ2n) is 7.07. The lowest BCUT2D eigenvalue weighted by molar-refractivity contribution is 0.589. The number of nitrogens with one attached hydrogen (secondary N) is 1. The number of anilines is 1. The van der Waals surface area contributed by atoms with Crippen molar-refractivity contribution in [2.75, 3.05) is 31.1 Å². The maximum Gasteiger partial charge on any atom is 0.268 e. The van der Waals surface area contributed by atoms with Gasteiger partial charge in [-0.2, -0.15) is 0 Å². The molecule has 0 aliphatic carbocycles. The summed E-state index contributed by atoms with van der Waals surface area (Å²) < 4.78 is 28.2. The van der Waals surface area contributed by atoms with Crippen LogP contribution in [0.5, 0.6) is 0 Å². The van der Waals surface area contributed by atoms with Crippen LogP contribution >= 0.6 is 0 Å². The topological polar surface area (TPSA) is 54.3 Å². The van der Waals surface area contributed by atoms with E-state index in [1.54, 1.807) is 18.3 Å². The zero-order chi connectivity index (χ0) is 19.1. The van der Waals surface area contributed by atoms with Crippen LogP contribution in [-0.4, -0.2) is 38.6 Å². The molecular formula is C22H21N3O2S. The smallest absolute Gasteiger partial charge is 0.268 e. The molecule has 6 heteroatoms. The average molecular weight is 391 g/mol. The second-order valence-corrected chi connectivity index (χ2v) is 8.89. The molecule has 0 unspecified atom stereocenters. The lowest BCUT2D eigenvalue weighted by Crippen LogP contribution is -2.43. The fourth-order valence-corrected chi connectivity index (χ4v) is 5.34. The van der Waals surface area contributed by atoms with Gasteiger partial charge in [-0.15, -0.1) is 0 Å². The van der Waals surface area contributed by atoms with Gasteiger partial charge in [0, 0.05) is 43.4 Å². The van der Waals surface area contributed by atoms with Crippen molar-refractivity contribution in [1.29, 1.82) is 0 Å². The van der Waals surface area contributed by atoms with E-state index in [1.807, 2.05) is 48.5 Å². The molecule has 0 spiro atoms. The first-order valence-electron chi connectivity index (χ1n) is 9.45. The molecule has 5 rings (SSSR count). The third-order valence-corrected chi connectivity index (χ3v) is 7.10. The Morgan fingerprint density at radius 2 is 1.61 bits per heavy atom. The molecule has 0 radical (unpaired) electrons. The number of fused-ring (bicyclic) bond motifs is 2. The summed E-state index contributed by atoms with van der Waals surface area (Å²) >= 11 is 0. The molecule has 3 aromatic carbocycles. The number of piperazine rings is 1. The van der Waals surface area contributed by atoms with E-state index in [9.17, 15) is 8.42 Å². The minimum absolute atomic E-state index is 0.302. The van der Waals surface area contributed by atoms with Crippen molar-refractivity contribution in [2.45, 2.75) is 4.90 Å². The Morgan fingerprint density at radius 3 is 2.43 bits per heavy atom. The number of aromatic nitrogens is 1. The van der Waals surface area contributed by atoms with Crippen LogP contribution in [0, 0.1) is 0 Å². The zero-order valence-corrected chi connectivity index (χ0v) is 16.2. The maximum absolute atomic E-state index is 13.4. The molecule has 5 nitrogen and oxygen atoms in total. The highest BCUT2D eigenvalue weighted by Crippen LogP contribution is 2.31. The summed E-state index contributed by atoms with van der Waals surface area (Å²) in [4.78, 5) is 2.61. The third kappa shape index (κ3) is 2.77. The fourth-order valence-electron chi connectivity index (χ4n) is 3.96. The van der Waals surface area contributed by atoms with Gasteiger partial charge in [-0.3, -0.25) is 0 Å². The highest BCUT2D eigenvalue weighted by Gasteiger charge is 2.21. The Labute approximate surface area is 164 Å². The van der Waals surface area contributed by atoms with Crippen LogP contribution in [0.4, 0.5) is 5.69 Å². The number of rotatable bonds is 3. The summed E-state index contributed by atoms with van der Waals surface area (Å²) in [7, 11) is -3.68. The largest absolute Gasteiger partial charge is 0.368 e. The van der Waals surface area contributed by atoms with E-state index in [0.29, 0.717) is 10.4 Å². The first-order chi connectivity index (χ1) is 13.6. The second kappa shape index (κ2) is 6.65. The molecule has 28 heavy (non-hydrogen) atoms. The Bertz CT molecular complexity index is 1270. The van der Waals surface area contributed by atoms with Gasteiger partial charge in [-0.1, -0.05) is 36.4 Å². The third-order valence-electron chi connectivity index (χ3n) is 5.41. The van der Waals surface area contributed by atoms with Gasteiger partial charge in [0.05, 0.1) is 10.4 Å². The summed E-state index contributed by atoms with van der Waals surface area (Å²) in [5.41, 5.74) is 1.80. The molecule has 1 aromatic heterocycles.